The van der Waals surface area contributed by atoms with Crippen molar-refractivity contribution in [1.29, 1.82) is 0 Å². The van der Waals surface area contributed by atoms with E-state index in [-0.39, 0.29) is 24.8 Å². The van der Waals surface area contributed by atoms with E-state index in [0.29, 0.717) is 17.2 Å². The van der Waals surface area contributed by atoms with Crippen LogP contribution in [0.5, 0.6) is 17.2 Å². The Morgan fingerprint density at radius 3 is 2.86 bits per heavy atom. The molecule has 2 N–H and O–H groups in total. The normalized spacial score (nSPS) is 13.4. The molecule has 0 saturated heterocycles. The molecule has 1 aliphatic rings. The van der Waals surface area contributed by atoms with Gasteiger partial charge < -0.3 is 24.8 Å². The molecule has 0 radical (unpaired) electrons. The van der Waals surface area contributed by atoms with Crippen molar-refractivity contribution < 1.29 is 19.0 Å². The fourth-order valence-corrected chi connectivity index (χ4v) is 2.93. The molecule has 0 spiro atoms. The predicted molar refractivity (Wildman–Crippen MR) is 108 cm³/mol. The van der Waals surface area contributed by atoms with Crippen LogP contribution < -0.4 is 24.8 Å². The quantitative estimate of drug-likeness (QED) is 0.778. The maximum Gasteiger partial charge on any atom is 0.319 e. The second-order valence-corrected chi connectivity index (χ2v) is 6.96. The van der Waals surface area contributed by atoms with Gasteiger partial charge in [0.15, 0.2) is 11.5 Å². The molecule has 1 aliphatic heterocycles. The monoisotopic (exact) mass is 380 g/mol. The molecule has 1 heterocycles. The van der Waals surface area contributed by atoms with Gasteiger partial charge in [0.2, 0.25) is 0 Å². The largest absolute Gasteiger partial charge is 0.497 e. The van der Waals surface area contributed by atoms with Gasteiger partial charge in [-0.25, -0.2) is 4.79 Å². The molecule has 146 valence electrons. The molecule has 6 nitrogen and oxygen atoms in total. The number of hydrogen-bond acceptors (Lipinski definition) is 4. The molecule has 2 aromatic rings. The van der Waals surface area contributed by atoms with Crippen molar-refractivity contribution in [2.45, 2.75) is 25.9 Å². The van der Waals surface area contributed by atoms with Crippen molar-refractivity contribution in [3.8, 4) is 29.1 Å². The van der Waals surface area contributed by atoms with E-state index in [2.05, 4.69) is 36.3 Å². The lowest BCUT2D eigenvalue weighted by Crippen LogP contribution is -2.28. The molecule has 0 atom stereocenters. The van der Waals surface area contributed by atoms with Crippen molar-refractivity contribution in [2.75, 3.05) is 25.6 Å². The Hall–Kier alpha value is -3.33. The van der Waals surface area contributed by atoms with Crippen LogP contribution in [0.15, 0.2) is 42.5 Å². The molecule has 0 aromatic heterocycles. The van der Waals surface area contributed by atoms with Gasteiger partial charge in [0.1, 0.15) is 18.0 Å². The number of anilines is 1. The molecule has 3 rings (SSSR count). The number of methoxy groups -OCH3 is 1. The number of ether oxygens (including phenoxy) is 3. The fraction of sp³-hybridized carbons (Fsp3) is 0.318. The highest BCUT2D eigenvalue weighted by Gasteiger charge is 2.32. The van der Waals surface area contributed by atoms with Crippen LogP contribution in [0.2, 0.25) is 0 Å². The van der Waals surface area contributed by atoms with Crippen LogP contribution in [-0.2, 0) is 6.42 Å². The van der Waals surface area contributed by atoms with Crippen LogP contribution in [0.25, 0.3) is 0 Å². The van der Waals surface area contributed by atoms with Crippen molar-refractivity contribution >= 4 is 11.7 Å². The molecular formula is C22H24N2O4. The standard InChI is InChI=1S/C22H24N2O4/c1-22(2)15-16-8-6-11-19(20(16)28-22)27-13-5-4-12-23-21(25)24-17-9-7-10-18(14-17)26-3/h6-11,14H,12-13,15H2,1-3H3,(H2,23,24,25). The summed E-state index contributed by atoms with van der Waals surface area (Å²) in [5.41, 5.74) is 1.58. The van der Waals surface area contributed by atoms with Crippen LogP contribution >= 0.6 is 0 Å². The first-order valence-electron chi connectivity index (χ1n) is 9.05. The minimum absolute atomic E-state index is 0.215. The first kappa shape index (κ1) is 19.4. The average molecular weight is 380 g/mol. The van der Waals surface area contributed by atoms with Crippen LogP contribution in [0.1, 0.15) is 19.4 Å². The summed E-state index contributed by atoms with van der Waals surface area (Å²) in [6.07, 6.45) is 0.859. The van der Waals surface area contributed by atoms with Gasteiger partial charge in [0.05, 0.1) is 13.7 Å². The molecule has 6 heteroatoms. The third-order valence-corrected chi connectivity index (χ3v) is 4.14. The smallest absolute Gasteiger partial charge is 0.319 e. The third kappa shape index (κ3) is 5.10. The van der Waals surface area contributed by atoms with Crippen molar-refractivity contribution in [3.63, 3.8) is 0 Å². The van der Waals surface area contributed by atoms with E-state index < -0.39 is 0 Å². The van der Waals surface area contributed by atoms with Crippen molar-refractivity contribution in [3.05, 3.63) is 48.0 Å². The van der Waals surface area contributed by atoms with Gasteiger partial charge in [-0.3, -0.25) is 0 Å². The number of rotatable bonds is 5. The predicted octanol–water partition coefficient (Wildman–Crippen LogP) is 3.61. The topological polar surface area (TPSA) is 68.8 Å². The number of benzene rings is 2. The summed E-state index contributed by atoms with van der Waals surface area (Å²) in [6, 6.07) is 12.7. The Morgan fingerprint density at radius 1 is 1.21 bits per heavy atom. The summed E-state index contributed by atoms with van der Waals surface area (Å²) in [6.45, 7) is 4.55. The second kappa shape index (κ2) is 8.57. The lowest BCUT2D eigenvalue weighted by atomic mass is 10.0. The molecule has 0 saturated carbocycles. The number of fused-ring (bicyclic) bond motifs is 1. The number of para-hydroxylation sites is 1. The zero-order valence-electron chi connectivity index (χ0n) is 16.3. The summed E-state index contributed by atoms with van der Waals surface area (Å²) < 4.78 is 16.8. The lowest BCUT2D eigenvalue weighted by molar-refractivity contribution is 0.133. The molecule has 0 fully saturated rings. The van der Waals surface area contributed by atoms with Crippen LogP contribution in [-0.4, -0.2) is 31.9 Å². The van der Waals surface area contributed by atoms with E-state index in [1.54, 1.807) is 25.3 Å². The van der Waals surface area contributed by atoms with Gasteiger partial charge in [0, 0.05) is 23.7 Å². The average Bonchev–Trinajstić information content (AvgIpc) is 2.99. The number of amides is 2. The molecule has 28 heavy (non-hydrogen) atoms. The highest BCUT2D eigenvalue weighted by molar-refractivity contribution is 5.89. The SMILES string of the molecule is COc1cccc(NC(=O)NCC#CCOc2cccc3c2OC(C)(C)C3)c1. The van der Waals surface area contributed by atoms with Gasteiger partial charge in [-0.2, -0.15) is 0 Å². The Balaban J connectivity index is 1.43. The first-order chi connectivity index (χ1) is 13.5. The van der Waals surface area contributed by atoms with E-state index in [1.165, 1.54) is 0 Å². The van der Waals surface area contributed by atoms with Gasteiger partial charge in [-0.05, 0) is 32.0 Å². The molecule has 2 aromatic carbocycles. The van der Waals surface area contributed by atoms with Crippen molar-refractivity contribution in [1.82, 2.24) is 5.32 Å². The van der Waals surface area contributed by atoms with Crippen LogP contribution in [0.4, 0.5) is 10.5 Å². The van der Waals surface area contributed by atoms with Crippen LogP contribution in [0.3, 0.4) is 0 Å². The van der Waals surface area contributed by atoms with Crippen LogP contribution in [0, 0.1) is 11.8 Å². The molecule has 0 bridgehead atoms. The van der Waals surface area contributed by atoms with E-state index in [0.717, 1.165) is 17.7 Å². The number of carbonyl (C=O) groups excluding carboxylic acids is 1. The zero-order valence-corrected chi connectivity index (χ0v) is 16.3. The number of urea groups is 1. The van der Waals surface area contributed by atoms with Gasteiger partial charge in [-0.1, -0.05) is 30.0 Å². The Labute approximate surface area is 165 Å². The van der Waals surface area contributed by atoms with Crippen molar-refractivity contribution in [2.24, 2.45) is 0 Å². The molecular weight excluding hydrogens is 356 g/mol. The molecule has 0 aliphatic carbocycles. The number of carbonyl (C=O) groups is 1. The first-order valence-corrected chi connectivity index (χ1v) is 9.05. The van der Waals surface area contributed by atoms with E-state index in [1.807, 2.05) is 24.3 Å². The number of hydrogen-bond donors (Lipinski definition) is 2. The fourth-order valence-electron chi connectivity index (χ4n) is 2.93. The lowest BCUT2D eigenvalue weighted by Gasteiger charge is -2.17. The van der Waals surface area contributed by atoms with E-state index >= 15 is 0 Å². The highest BCUT2D eigenvalue weighted by atomic mass is 16.5. The maximum atomic E-state index is 11.9. The van der Waals surface area contributed by atoms with E-state index in [9.17, 15) is 4.79 Å². The number of nitrogens with one attached hydrogen (secondary N) is 2. The summed E-state index contributed by atoms with van der Waals surface area (Å²) in [4.78, 5) is 11.9. The Bertz CT molecular complexity index is 912. The third-order valence-electron chi connectivity index (χ3n) is 4.14. The molecule has 0 unspecified atom stereocenters. The Kier molecular flexibility index (Phi) is 5.95. The summed E-state index contributed by atoms with van der Waals surface area (Å²) >= 11 is 0. The summed E-state index contributed by atoms with van der Waals surface area (Å²) in [5.74, 6) is 7.93. The second-order valence-electron chi connectivity index (χ2n) is 6.96. The van der Waals surface area contributed by atoms with E-state index in [4.69, 9.17) is 14.2 Å². The highest BCUT2D eigenvalue weighted by Crippen LogP contribution is 2.41. The van der Waals surface area contributed by atoms with Gasteiger partial charge in [0.25, 0.3) is 0 Å². The zero-order chi connectivity index (χ0) is 20.0. The summed E-state index contributed by atoms with van der Waals surface area (Å²) in [7, 11) is 1.58. The summed E-state index contributed by atoms with van der Waals surface area (Å²) in [5, 5.41) is 5.40. The Morgan fingerprint density at radius 2 is 2.04 bits per heavy atom. The van der Waals surface area contributed by atoms with Gasteiger partial charge >= 0.3 is 6.03 Å². The van der Waals surface area contributed by atoms with Gasteiger partial charge in [-0.15, -0.1) is 0 Å². The molecule has 2 amide bonds. The minimum atomic E-state index is -0.333. The maximum absolute atomic E-state index is 11.9. The minimum Gasteiger partial charge on any atom is -0.497 e.